The molecule has 1 amide bonds. The van der Waals surface area contributed by atoms with Gasteiger partial charge in [0.05, 0.1) is 29.9 Å². The van der Waals surface area contributed by atoms with Gasteiger partial charge >= 0.3 is 6.09 Å². The molecule has 1 aliphatic heterocycles. The van der Waals surface area contributed by atoms with Crippen molar-refractivity contribution < 1.29 is 23.6 Å². The third kappa shape index (κ3) is 2.82. The number of hydrogen-bond donors (Lipinski definition) is 1. The average molecular weight is 358 g/mol. The standard InChI is InChI=1S/C17H15FN4O4/c1-10-7-21(9-19-10)14-3-2-11(6-12(14)18)22-8-15(26-17(22)24)16(23)13-4-5-25-20-13/h2-7,9,15-16,23H,8H2,1H3/t15-,16?/m1/s1. The monoisotopic (exact) mass is 358 g/mol. The molecular formula is C17H15FN4O4. The number of imidazole rings is 1. The summed E-state index contributed by atoms with van der Waals surface area (Å²) in [4.78, 5) is 17.5. The Morgan fingerprint density at radius 3 is 2.88 bits per heavy atom. The van der Waals surface area contributed by atoms with E-state index in [9.17, 15) is 14.3 Å². The number of aryl methyl sites for hydroxylation is 1. The van der Waals surface area contributed by atoms with Gasteiger partial charge in [-0.3, -0.25) is 4.90 Å². The van der Waals surface area contributed by atoms with Crippen LogP contribution >= 0.6 is 0 Å². The summed E-state index contributed by atoms with van der Waals surface area (Å²) in [5.74, 6) is -0.506. The van der Waals surface area contributed by atoms with Crippen molar-refractivity contribution in [2.75, 3.05) is 11.4 Å². The lowest BCUT2D eigenvalue weighted by Gasteiger charge is -2.15. The van der Waals surface area contributed by atoms with E-state index < -0.39 is 24.1 Å². The Kier molecular flexibility index (Phi) is 3.92. The normalized spacial score (nSPS) is 18.2. The molecule has 1 aromatic carbocycles. The molecule has 8 nitrogen and oxygen atoms in total. The Morgan fingerprint density at radius 2 is 2.23 bits per heavy atom. The lowest BCUT2D eigenvalue weighted by molar-refractivity contribution is 0.0277. The van der Waals surface area contributed by atoms with Crippen LogP contribution in [-0.4, -0.2) is 38.6 Å². The van der Waals surface area contributed by atoms with Crippen molar-refractivity contribution in [2.24, 2.45) is 0 Å². The fourth-order valence-electron chi connectivity index (χ4n) is 2.85. The molecule has 0 spiro atoms. The molecule has 1 N–H and O–H groups in total. The number of aromatic nitrogens is 3. The molecule has 9 heteroatoms. The summed E-state index contributed by atoms with van der Waals surface area (Å²) >= 11 is 0. The van der Waals surface area contributed by atoms with Gasteiger partial charge in [-0.15, -0.1) is 0 Å². The Labute approximate surface area is 147 Å². The van der Waals surface area contributed by atoms with E-state index in [0.717, 1.165) is 5.69 Å². The van der Waals surface area contributed by atoms with Gasteiger partial charge in [-0.1, -0.05) is 5.16 Å². The van der Waals surface area contributed by atoms with Gasteiger partial charge in [0, 0.05) is 12.3 Å². The summed E-state index contributed by atoms with van der Waals surface area (Å²) in [7, 11) is 0. The van der Waals surface area contributed by atoms with Crippen LogP contribution in [0.1, 0.15) is 17.5 Å². The molecule has 1 saturated heterocycles. The van der Waals surface area contributed by atoms with Crippen LogP contribution in [0.4, 0.5) is 14.9 Å². The van der Waals surface area contributed by atoms with E-state index >= 15 is 0 Å². The van der Waals surface area contributed by atoms with Crippen molar-refractivity contribution in [3.63, 3.8) is 0 Å². The maximum absolute atomic E-state index is 14.5. The quantitative estimate of drug-likeness (QED) is 0.770. The molecule has 0 saturated carbocycles. The van der Waals surface area contributed by atoms with Crippen LogP contribution < -0.4 is 4.90 Å². The Bertz CT molecular complexity index is 940. The first-order valence-corrected chi connectivity index (χ1v) is 7.90. The van der Waals surface area contributed by atoms with Crippen molar-refractivity contribution in [3.8, 4) is 5.69 Å². The summed E-state index contributed by atoms with van der Waals surface area (Å²) in [5.41, 5.74) is 1.69. The average Bonchev–Trinajstić information content (AvgIpc) is 3.35. The third-order valence-electron chi connectivity index (χ3n) is 4.18. The Balaban J connectivity index is 1.56. The summed E-state index contributed by atoms with van der Waals surface area (Å²) in [6.07, 6.45) is 1.92. The second-order valence-corrected chi connectivity index (χ2v) is 5.96. The number of anilines is 1. The Hall–Kier alpha value is -3.20. The van der Waals surface area contributed by atoms with E-state index in [0.29, 0.717) is 11.4 Å². The third-order valence-corrected chi connectivity index (χ3v) is 4.18. The van der Waals surface area contributed by atoms with Gasteiger partial charge in [0.2, 0.25) is 0 Å². The highest BCUT2D eigenvalue weighted by Crippen LogP contribution is 2.29. The summed E-state index contributed by atoms with van der Waals surface area (Å²) in [6.45, 7) is 1.87. The number of amides is 1. The molecule has 2 atom stereocenters. The van der Waals surface area contributed by atoms with Gasteiger partial charge in [0.25, 0.3) is 0 Å². The van der Waals surface area contributed by atoms with Gasteiger partial charge in [0.1, 0.15) is 23.9 Å². The minimum Gasteiger partial charge on any atom is -0.441 e. The number of rotatable bonds is 4. The highest BCUT2D eigenvalue weighted by molar-refractivity contribution is 5.90. The molecule has 0 aliphatic carbocycles. The second-order valence-electron chi connectivity index (χ2n) is 5.96. The highest BCUT2D eigenvalue weighted by atomic mass is 19.1. The van der Waals surface area contributed by atoms with Crippen LogP contribution in [-0.2, 0) is 4.74 Å². The number of benzene rings is 1. The van der Waals surface area contributed by atoms with Crippen molar-refractivity contribution in [2.45, 2.75) is 19.1 Å². The van der Waals surface area contributed by atoms with E-state index in [1.165, 1.54) is 29.6 Å². The van der Waals surface area contributed by atoms with E-state index in [2.05, 4.69) is 14.7 Å². The lowest BCUT2D eigenvalue weighted by Crippen LogP contribution is -2.27. The number of hydrogen-bond acceptors (Lipinski definition) is 6. The molecule has 134 valence electrons. The molecule has 2 aromatic heterocycles. The largest absolute Gasteiger partial charge is 0.441 e. The number of aliphatic hydroxyl groups is 1. The molecule has 1 unspecified atom stereocenters. The maximum Gasteiger partial charge on any atom is 0.414 e. The first-order chi connectivity index (χ1) is 12.5. The van der Waals surface area contributed by atoms with Crippen LogP contribution in [0, 0.1) is 12.7 Å². The first-order valence-electron chi connectivity index (χ1n) is 7.90. The first kappa shape index (κ1) is 16.3. The number of carbonyl (C=O) groups is 1. The van der Waals surface area contributed by atoms with Gasteiger partial charge in [-0.25, -0.2) is 14.2 Å². The van der Waals surface area contributed by atoms with Gasteiger partial charge in [-0.2, -0.15) is 0 Å². The van der Waals surface area contributed by atoms with Crippen molar-refractivity contribution >= 4 is 11.8 Å². The zero-order chi connectivity index (χ0) is 18.3. The van der Waals surface area contributed by atoms with E-state index in [4.69, 9.17) is 4.74 Å². The number of aliphatic hydroxyl groups excluding tert-OH is 1. The smallest absolute Gasteiger partial charge is 0.414 e. The molecule has 1 aliphatic rings. The van der Waals surface area contributed by atoms with Gasteiger partial charge in [0.15, 0.2) is 6.10 Å². The Morgan fingerprint density at radius 1 is 1.38 bits per heavy atom. The maximum atomic E-state index is 14.5. The van der Waals surface area contributed by atoms with Crippen molar-refractivity contribution in [3.05, 3.63) is 60.3 Å². The van der Waals surface area contributed by atoms with E-state index in [1.54, 1.807) is 22.9 Å². The molecular weight excluding hydrogens is 343 g/mol. The molecule has 1 fully saturated rings. The predicted octanol–water partition coefficient (Wildman–Crippen LogP) is 2.37. The number of halogens is 1. The molecule has 0 radical (unpaired) electrons. The molecule has 4 rings (SSSR count). The molecule has 3 aromatic rings. The van der Waals surface area contributed by atoms with Crippen molar-refractivity contribution in [1.82, 2.24) is 14.7 Å². The summed E-state index contributed by atoms with van der Waals surface area (Å²) < 4.78 is 25.9. The van der Waals surface area contributed by atoms with Crippen LogP contribution in [0.15, 0.2) is 47.6 Å². The molecule has 3 heterocycles. The number of ether oxygens (including phenoxy) is 1. The van der Waals surface area contributed by atoms with Crippen LogP contribution in [0.3, 0.4) is 0 Å². The number of nitrogens with zero attached hydrogens (tertiary/aromatic N) is 4. The zero-order valence-corrected chi connectivity index (χ0v) is 13.7. The zero-order valence-electron chi connectivity index (χ0n) is 13.7. The highest BCUT2D eigenvalue weighted by Gasteiger charge is 2.38. The second kappa shape index (κ2) is 6.26. The van der Waals surface area contributed by atoms with Crippen LogP contribution in [0.2, 0.25) is 0 Å². The van der Waals surface area contributed by atoms with E-state index in [1.807, 2.05) is 6.92 Å². The van der Waals surface area contributed by atoms with Crippen molar-refractivity contribution in [1.29, 1.82) is 0 Å². The summed E-state index contributed by atoms with van der Waals surface area (Å²) in [6, 6.07) is 5.90. The number of cyclic esters (lactones) is 1. The van der Waals surface area contributed by atoms with Gasteiger partial charge in [-0.05, 0) is 25.1 Å². The SMILES string of the molecule is Cc1cn(-c2ccc(N3C[C@H](C(O)c4ccon4)OC3=O)cc2F)cn1. The van der Waals surface area contributed by atoms with Crippen LogP contribution in [0.25, 0.3) is 5.69 Å². The van der Waals surface area contributed by atoms with Gasteiger partial charge < -0.3 is 18.9 Å². The topological polar surface area (TPSA) is 93.6 Å². The number of carbonyl (C=O) groups excluding carboxylic acids is 1. The lowest BCUT2D eigenvalue weighted by atomic mass is 10.1. The fourth-order valence-corrected chi connectivity index (χ4v) is 2.85. The molecule has 26 heavy (non-hydrogen) atoms. The molecule has 0 bridgehead atoms. The predicted molar refractivity (Wildman–Crippen MR) is 87.3 cm³/mol. The minimum atomic E-state index is -1.12. The minimum absolute atomic E-state index is 0.0653. The van der Waals surface area contributed by atoms with Crippen LogP contribution in [0.5, 0.6) is 0 Å². The fraction of sp³-hybridized carbons (Fsp3) is 0.235. The van der Waals surface area contributed by atoms with E-state index in [-0.39, 0.29) is 12.2 Å². The summed E-state index contributed by atoms with van der Waals surface area (Å²) in [5, 5.41) is 13.9.